The predicted molar refractivity (Wildman–Crippen MR) is 105 cm³/mol. The highest BCUT2D eigenvalue weighted by Crippen LogP contribution is 2.25. The Morgan fingerprint density at radius 3 is 2.38 bits per heavy atom. The van der Waals surface area contributed by atoms with Crippen molar-refractivity contribution in [2.75, 3.05) is 30.3 Å². The van der Waals surface area contributed by atoms with Gasteiger partial charge in [-0.1, -0.05) is 37.0 Å². The number of hydrogen-bond donors (Lipinski definition) is 2. The smallest absolute Gasteiger partial charge is 0.119 e. The third-order valence-electron chi connectivity index (χ3n) is 3.52. The van der Waals surface area contributed by atoms with Crippen molar-refractivity contribution < 1.29 is 4.74 Å². The maximum atomic E-state index is 6.12. The largest absolute Gasteiger partial charge is 0.494 e. The molecule has 0 bridgehead atoms. The Labute approximate surface area is 154 Å². The quantitative estimate of drug-likeness (QED) is 0.538. The molecule has 0 unspecified atom stereocenters. The first kappa shape index (κ1) is 18.8. The lowest BCUT2D eigenvalue weighted by molar-refractivity contribution is 0.289. The second-order valence-corrected chi connectivity index (χ2v) is 6.88. The van der Waals surface area contributed by atoms with E-state index in [4.69, 9.17) is 27.9 Å². The van der Waals surface area contributed by atoms with Crippen LogP contribution in [-0.2, 0) is 0 Å². The Bertz CT molecular complexity index is 630. The van der Waals surface area contributed by atoms with Crippen LogP contribution in [0, 0.1) is 5.92 Å². The van der Waals surface area contributed by atoms with Crippen molar-refractivity contribution in [2.24, 2.45) is 5.92 Å². The van der Waals surface area contributed by atoms with Crippen LogP contribution in [0.3, 0.4) is 0 Å². The van der Waals surface area contributed by atoms with Gasteiger partial charge in [-0.3, -0.25) is 0 Å². The maximum absolute atomic E-state index is 6.12. The van der Waals surface area contributed by atoms with E-state index >= 15 is 0 Å². The summed E-state index contributed by atoms with van der Waals surface area (Å²) in [5.74, 6) is 1.57. The Morgan fingerprint density at radius 2 is 1.67 bits per heavy atom. The molecule has 2 aromatic carbocycles. The van der Waals surface area contributed by atoms with Crippen LogP contribution in [0.5, 0.6) is 5.75 Å². The monoisotopic (exact) mass is 366 g/mol. The molecule has 2 N–H and O–H groups in total. The average Bonchev–Trinajstić information content (AvgIpc) is 2.55. The van der Waals surface area contributed by atoms with Gasteiger partial charge in [0.1, 0.15) is 5.75 Å². The molecule has 0 spiro atoms. The highest BCUT2D eigenvalue weighted by Gasteiger charge is 2.01. The molecule has 0 amide bonds. The van der Waals surface area contributed by atoms with E-state index in [0.29, 0.717) is 16.0 Å². The molecule has 0 aliphatic heterocycles. The van der Waals surface area contributed by atoms with Crippen molar-refractivity contribution in [3.63, 3.8) is 0 Å². The summed E-state index contributed by atoms with van der Waals surface area (Å²) in [5, 5.41) is 7.96. The molecule has 0 fully saturated rings. The molecule has 0 aromatic heterocycles. The molecule has 0 atom stereocenters. The van der Waals surface area contributed by atoms with Crippen molar-refractivity contribution in [3.8, 4) is 5.75 Å². The van der Waals surface area contributed by atoms with E-state index in [2.05, 4.69) is 24.5 Å². The first-order valence-electron chi connectivity index (χ1n) is 8.20. The summed E-state index contributed by atoms with van der Waals surface area (Å²) in [6.07, 6.45) is 1.07. The summed E-state index contributed by atoms with van der Waals surface area (Å²) in [6.45, 7) is 6.67. The van der Waals surface area contributed by atoms with Crippen molar-refractivity contribution in [3.05, 3.63) is 52.5 Å². The zero-order valence-corrected chi connectivity index (χ0v) is 15.6. The fraction of sp³-hybridized carbons (Fsp3) is 0.368. The number of halogens is 2. The van der Waals surface area contributed by atoms with Crippen LogP contribution in [0.25, 0.3) is 0 Å². The average molecular weight is 367 g/mol. The van der Waals surface area contributed by atoms with Gasteiger partial charge in [0, 0.05) is 23.8 Å². The predicted octanol–water partition coefficient (Wildman–Crippen LogP) is 5.94. The number of anilines is 2. The Morgan fingerprint density at radius 1 is 0.958 bits per heavy atom. The van der Waals surface area contributed by atoms with Gasteiger partial charge >= 0.3 is 0 Å². The third-order valence-corrected chi connectivity index (χ3v) is 4.08. The number of benzene rings is 2. The van der Waals surface area contributed by atoms with Crippen LogP contribution in [0.2, 0.25) is 10.0 Å². The lowest BCUT2D eigenvalue weighted by atomic mass is 10.1. The highest BCUT2D eigenvalue weighted by molar-refractivity contribution is 6.35. The van der Waals surface area contributed by atoms with Gasteiger partial charge < -0.3 is 15.4 Å². The number of ether oxygens (including phenoxy) is 1. The van der Waals surface area contributed by atoms with Gasteiger partial charge in [-0.05, 0) is 54.8 Å². The van der Waals surface area contributed by atoms with Gasteiger partial charge in [0.05, 0.1) is 17.3 Å². The minimum absolute atomic E-state index is 0.659. The number of rotatable bonds is 9. The standard InChI is InChI=1S/C19H24Cl2N2O/c1-14(2)9-12-24-17-6-4-16(5-7-17)22-10-11-23-19-13-15(20)3-8-18(19)21/h3-8,13-14,22-23H,9-12H2,1-2H3. The summed E-state index contributed by atoms with van der Waals surface area (Å²) in [7, 11) is 0. The maximum Gasteiger partial charge on any atom is 0.119 e. The molecule has 24 heavy (non-hydrogen) atoms. The van der Waals surface area contributed by atoms with Crippen molar-refractivity contribution in [2.45, 2.75) is 20.3 Å². The van der Waals surface area contributed by atoms with Crippen molar-refractivity contribution in [1.82, 2.24) is 0 Å². The fourth-order valence-electron chi connectivity index (χ4n) is 2.12. The van der Waals surface area contributed by atoms with Crippen LogP contribution in [0.4, 0.5) is 11.4 Å². The van der Waals surface area contributed by atoms with Crippen molar-refractivity contribution in [1.29, 1.82) is 0 Å². The van der Waals surface area contributed by atoms with Crippen LogP contribution in [0.1, 0.15) is 20.3 Å². The summed E-state index contributed by atoms with van der Waals surface area (Å²) < 4.78 is 5.71. The summed E-state index contributed by atoms with van der Waals surface area (Å²) in [5.41, 5.74) is 1.91. The second-order valence-electron chi connectivity index (χ2n) is 6.03. The van der Waals surface area contributed by atoms with Gasteiger partial charge in [0.15, 0.2) is 0 Å². The van der Waals surface area contributed by atoms with Crippen LogP contribution < -0.4 is 15.4 Å². The normalized spacial score (nSPS) is 10.7. The molecule has 0 saturated carbocycles. The van der Waals surface area contributed by atoms with Gasteiger partial charge in [-0.25, -0.2) is 0 Å². The first-order valence-corrected chi connectivity index (χ1v) is 8.96. The first-order chi connectivity index (χ1) is 11.5. The van der Waals surface area contributed by atoms with Crippen LogP contribution >= 0.6 is 23.2 Å². The van der Waals surface area contributed by atoms with Gasteiger partial charge in [-0.15, -0.1) is 0 Å². The second kappa shape index (κ2) is 9.65. The Balaban J connectivity index is 1.71. The van der Waals surface area contributed by atoms with E-state index in [9.17, 15) is 0 Å². The van der Waals surface area contributed by atoms with Crippen LogP contribution in [-0.4, -0.2) is 19.7 Å². The van der Waals surface area contributed by atoms with E-state index in [1.807, 2.05) is 30.3 Å². The highest BCUT2D eigenvalue weighted by atomic mass is 35.5. The minimum Gasteiger partial charge on any atom is -0.494 e. The zero-order chi connectivity index (χ0) is 17.4. The van der Waals surface area contributed by atoms with Gasteiger partial charge in [0.2, 0.25) is 0 Å². The molecular formula is C19H24Cl2N2O. The SMILES string of the molecule is CC(C)CCOc1ccc(NCCNc2cc(Cl)ccc2Cl)cc1. The summed E-state index contributed by atoms with van der Waals surface area (Å²) >= 11 is 12.1. The molecule has 0 aliphatic carbocycles. The van der Waals surface area contributed by atoms with E-state index in [0.717, 1.165) is 43.2 Å². The zero-order valence-electron chi connectivity index (χ0n) is 14.1. The van der Waals surface area contributed by atoms with E-state index < -0.39 is 0 Å². The van der Waals surface area contributed by atoms with Crippen LogP contribution in [0.15, 0.2) is 42.5 Å². The molecule has 2 aromatic rings. The fourth-order valence-corrected chi connectivity index (χ4v) is 2.47. The van der Waals surface area contributed by atoms with Crippen molar-refractivity contribution >= 4 is 34.6 Å². The lowest BCUT2D eigenvalue weighted by Gasteiger charge is -2.11. The van der Waals surface area contributed by atoms with E-state index in [1.165, 1.54) is 0 Å². The minimum atomic E-state index is 0.659. The molecule has 0 heterocycles. The third kappa shape index (κ3) is 6.50. The molecule has 5 heteroatoms. The van der Waals surface area contributed by atoms with Gasteiger partial charge in [-0.2, -0.15) is 0 Å². The van der Waals surface area contributed by atoms with Gasteiger partial charge in [0.25, 0.3) is 0 Å². The Hall–Kier alpha value is -1.58. The summed E-state index contributed by atoms with van der Waals surface area (Å²) in [6, 6.07) is 13.4. The number of nitrogens with one attached hydrogen (secondary N) is 2. The lowest BCUT2D eigenvalue weighted by Crippen LogP contribution is -2.13. The molecule has 0 saturated heterocycles. The van der Waals surface area contributed by atoms with E-state index in [1.54, 1.807) is 12.1 Å². The Kier molecular flexibility index (Phi) is 7.54. The number of hydrogen-bond acceptors (Lipinski definition) is 3. The molecule has 130 valence electrons. The summed E-state index contributed by atoms with van der Waals surface area (Å²) in [4.78, 5) is 0. The molecular weight excluding hydrogens is 343 g/mol. The molecule has 0 radical (unpaired) electrons. The molecule has 0 aliphatic rings. The molecule has 3 nitrogen and oxygen atoms in total. The molecule has 2 rings (SSSR count). The van der Waals surface area contributed by atoms with E-state index in [-0.39, 0.29) is 0 Å². The topological polar surface area (TPSA) is 33.3 Å².